The van der Waals surface area contributed by atoms with Crippen molar-refractivity contribution in [3.8, 4) is 11.5 Å². The number of benzene rings is 3. The molecule has 0 bridgehead atoms. The Hall–Kier alpha value is -3.60. The summed E-state index contributed by atoms with van der Waals surface area (Å²) in [4.78, 5) is 19.6. The highest BCUT2D eigenvalue weighted by atomic mass is 16.5. The van der Waals surface area contributed by atoms with Crippen LogP contribution in [0.5, 0.6) is 11.5 Å². The van der Waals surface area contributed by atoms with Gasteiger partial charge in [-0.2, -0.15) is 0 Å². The zero-order valence-electron chi connectivity index (χ0n) is 15.8. The summed E-state index contributed by atoms with van der Waals surface area (Å²) >= 11 is 0. The number of fused-ring (bicyclic) bond motifs is 1. The number of carbonyl (C=O) groups excluding carboxylic acids is 1. The molecule has 1 aliphatic rings. The van der Waals surface area contributed by atoms with Gasteiger partial charge in [0, 0.05) is 5.56 Å². The molecule has 0 aliphatic carbocycles. The molecule has 0 atom stereocenters. The summed E-state index contributed by atoms with van der Waals surface area (Å²) in [6.45, 7) is 0.487. The van der Waals surface area contributed by atoms with Crippen LogP contribution in [0.1, 0.15) is 11.1 Å². The van der Waals surface area contributed by atoms with E-state index in [2.05, 4.69) is 4.99 Å². The van der Waals surface area contributed by atoms with Gasteiger partial charge in [0.25, 0.3) is 5.91 Å². The normalized spacial score (nSPS) is 14.3. The van der Waals surface area contributed by atoms with Crippen molar-refractivity contribution in [2.45, 2.75) is 6.54 Å². The molecule has 3 aromatic rings. The number of methoxy groups -OCH3 is 2. The lowest BCUT2D eigenvalue weighted by Crippen LogP contribution is -2.29. The lowest BCUT2D eigenvalue weighted by Gasteiger charge is -2.17. The number of ether oxygens (including phenoxy) is 2. The van der Waals surface area contributed by atoms with Crippen LogP contribution in [0.2, 0.25) is 0 Å². The molecule has 0 radical (unpaired) electrons. The zero-order chi connectivity index (χ0) is 19.5. The first-order valence-corrected chi connectivity index (χ1v) is 8.96. The Labute approximate surface area is 163 Å². The minimum absolute atomic E-state index is 0.122. The fourth-order valence-corrected chi connectivity index (χ4v) is 3.24. The molecule has 3 aromatic carbocycles. The minimum Gasteiger partial charge on any atom is -0.497 e. The maximum Gasteiger partial charge on any atom is 0.277 e. The van der Waals surface area contributed by atoms with E-state index in [1.165, 1.54) is 0 Å². The second-order valence-corrected chi connectivity index (χ2v) is 6.42. The van der Waals surface area contributed by atoms with Gasteiger partial charge in [-0.15, -0.1) is 0 Å². The van der Waals surface area contributed by atoms with Crippen LogP contribution < -0.4 is 14.4 Å². The number of nitrogens with zero attached hydrogens (tertiary/aromatic N) is 2. The Morgan fingerprint density at radius 1 is 0.857 bits per heavy atom. The molecule has 0 N–H and O–H groups in total. The zero-order valence-corrected chi connectivity index (χ0v) is 15.8. The molecule has 140 valence electrons. The van der Waals surface area contributed by atoms with Crippen LogP contribution in [0.3, 0.4) is 0 Å². The lowest BCUT2D eigenvalue weighted by molar-refractivity contribution is -0.112. The van der Waals surface area contributed by atoms with Crippen molar-refractivity contribution in [2.24, 2.45) is 4.99 Å². The average Bonchev–Trinajstić information content (AvgIpc) is 3.00. The van der Waals surface area contributed by atoms with Gasteiger partial charge in [0.2, 0.25) is 0 Å². The number of carbonyl (C=O) groups is 1. The highest BCUT2D eigenvalue weighted by molar-refractivity contribution is 6.54. The Morgan fingerprint density at radius 2 is 1.54 bits per heavy atom. The summed E-state index contributed by atoms with van der Waals surface area (Å²) in [5.41, 5.74) is 3.77. The maximum absolute atomic E-state index is 13.2. The van der Waals surface area contributed by atoms with E-state index in [-0.39, 0.29) is 5.91 Å². The predicted octanol–water partition coefficient (Wildman–Crippen LogP) is 4.37. The number of amides is 1. The Bertz CT molecular complexity index is 1030. The van der Waals surface area contributed by atoms with Gasteiger partial charge >= 0.3 is 0 Å². The standard InChI is InChI=1S/C23H20N2O3/c1-27-18-10-8-17(9-11-18)24-22-20-14-19(28-2)12-13-21(20)25(23(22)26)15-16-6-4-3-5-7-16/h3-14H,15H2,1-2H3. The van der Waals surface area contributed by atoms with Gasteiger partial charge < -0.3 is 14.4 Å². The molecule has 0 saturated carbocycles. The quantitative estimate of drug-likeness (QED) is 0.668. The van der Waals surface area contributed by atoms with Gasteiger partial charge in [-0.1, -0.05) is 30.3 Å². The smallest absolute Gasteiger partial charge is 0.277 e. The number of rotatable bonds is 5. The van der Waals surface area contributed by atoms with Crippen LogP contribution in [-0.4, -0.2) is 25.8 Å². The van der Waals surface area contributed by atoms with Crippen molar-refractivity contribution in [3.05, 3.63) is 83.9 Å². The van der Waals surface area contributed by atoms with Crippen molar-refractivity contribution in [3.63, 3.8) is 0 Å². The SMILES string of the molecule is COc1ccc(N=C2C(=O)N(Cc3ccccc3)c3ccc(OC)cc32)cc1. The summed E-state index contributed by atoms with van der Waals surface area (Å²) in [5, 5.41) is 0. The molecule has 0 aromatic heterocycles. The molecule has 4 rings (SSSR count). The fraction of sp³-hybridized carbons (Fsp3) is 0.130. The molecule has 5 heteroatoms. The third-order valence-electron chi connectivity index (χ3n) is 4.69. The molecule has 0 unspecified atom stereocenters. The summed E-state index contributed by atoms with van der Waals surface area (Å²) in [7, 11) is 3.23. The molecule has 0 spiro atoms. The monoisotopic (exact) mass is 372 g/mol. The summed E-state index contributed by atoms with van der Waals surface area (Å²) < 4.78 is 10.5. The van der Waals surface area contributed by atoms with E-state index in [1.54, 1.807) is 19.1 Å². The topological polar surface area (TPSA) is 51.1 Å². The molecule has 28 heavy (non-hydrogen) atoms. The van der Waals surface area contributed by atoms with Crippen molar-refractivity contribution in [1.29, 1.82) is 0 Å². The number of hydrogen-bond acceptors (Lipinski definition) is 4. The molecule has 0 fully saturated rings. The molecule has 5 nitrogen and oxygen atoms in total. The van der Waals surface area contributed by atoms with E-state index in [0.29, 0.717) is 23.7 Å². The van der Waals surface area contributed by atoms with Crippen LogP contribution in [0.4, 0.5) is 11.4 Å². The Kier molecular flexibility index (Phi) is 4.81. The predicted molar refractivity (Wildman–Crippen MR) is 110 cm³/mol. The first-order valence-electron chi connectivity index (χ1n) is 8.96. The van der Waals surface area contributed by atoms with Crippen LogP contribution >= 0.6 is 0 Å². The second kappa shape index (κ2) is 7.56. The molecular weight excluding hydrogens is 352 g/mol. The third-order valence-corrected chi connectivity index (χ3v) is 4.69. The van der Waals surface area contributed by atoms with Crippen molar-refractivity contribution < 1.29 is 14.3 Å². The van der Waals surface area contributed by atoms with Gasteiger partial charge in [-0.25, -0.2) is 4.99 Å². The molecule has 0 saturated heterocycles. The number of anilines is 1. The van der Waals surface area contributed by atoms with E-state index in [9.17, 15) is 4.79 Å². The van der Waals surface area contributed by atoms with Crippen LogP contribution in [0.15, 0.2) is 77.8 Å². The Morgan fingerprint density at radius 3 is 2.21 bits per heavy atom. The van der Waals surface area contributed by atoms with Gasteiger partial charge in [-0.05, 0) is 48.0 Å². The maximum atomic E-state index is 13.2. The van der Waals surface area contributed by atoms with Crippen LogP contribution in [0.25, 0.3) is 0 Å². The highest BCUT2D eigenvalue weighted by Crippen LogP contribution is 2.35. The van der Waals surface area contributed by atoms with Gasteiger partial charge in [-0.3, -0.25) is 4.79 Å². The number of aliphatic imine (C=N–C) groups is 1. The largest absolute Gasteiger partial charge is 0.497 e. The number of hydrogen-bond donors (Lipinski definition) is 0. The van der Waals surface area contributed by atoms with Crippen LogP contribution in [-0.2, 0) is 11.3 Å². The molecule has 1 heterocycles. The summed E-state index contributed by atoms with van der Waals surface area (Å²) in [6, 6.07) is 22.9. The first kappa shape index (κ1) is 17.8. The third kappa shape index (κ3) is 3.34. The second-order valence-electron chi connectivity index (χ2n) is 6.42. The van der Waals surface area contributed by atoms with Crippen LogP contribution in [0, 0.1) is 0 Å². The van der Waals surface area contributed by atoms with E-state index in [0.717, 1.165) is 22.6 Å². The molecule has 1 aliphatic heterocycles. The van der Waals surface area contributed by atoms with E-state index >= 15 is 0 Å². The molecule has 1 amide bonds. The van der Waals surface area contributed by atoms with Gasteiger partial charge in [0.05, 0.1) is 32.1 Å². The summed E-state index contributed by atoms with van der Waals surface area (Å²) in [5.74, 6) is 1.31. The van der Waals surface area contributed by atoms with E-state index < -0.39 is 0 Å². The molecular formula is C23H20N2O3. The minimum atomic E-state index is -0.122. The summed E-state index contributed by atoms with van der Waals surface area (Å²) in [6.07, 6.45) is 0. The van der Waals surface area contributed by atoms with Crippen molar-refractivity contribution in [2.75, 3.05) is 19.1 Å². The lowest BCUT2D eigenvalue weighted by atomic mass is 10.1. The van der Waals surface area contributed by atoms with Crippen molar-refractivity contribution in [1.82, 2.24) is 0 Å². The van der Waals surface area contributed by atoms with Crippen molar-refractivity contribution >= 4 is 23.0 Å². The van der Waals surface area contributed by atoms with Gasteiger partial charge in [0.15, 0.2) is 0 Å². The fourth-order valence-electron chi connectivity index (χ4n) is 3.24. The highest BCUT2D eigenvalue weighted by Gasteiger charge is 2.34. The Balaban J connectivity index is 1.76. The van der Waals surface area contributed by atoms with E-state index in [4.69, 9.17) is 9.47 Å². The van der Waals surface area contributed by atoms with E-state index in [1.807, 2.05) is 72.8 Å². The first-order chi connectivity index (χ1) is 13.7. The van der Waals surface area contributed by atoms with Gasteiger partial charge in [0.1, 0.15) is 17.2 Å². The average molecular weight is 372 g/mol.